The van der Waals surface area contributed by atoms with E-state index in [0.29, 0.717) is 23.2 Å². The average Bonchev–Trinajstić information content (AvgIpc) is 2.93. The molecule has 6 heteroatoms. The monoisotopic (exact) mass is 322 g/mol. The van der Waals surface area contributed by atoms with Gasteiger partial charge in [-0.1, -0.05) is 38.4 Å². The molecule has 2 aromatic rings. The molecule has 1 heterocycles. The van der Waals surface area contributed by atoms with Gasteiger partial charge in [-0.2, -0.15) is 4.98 Å². The van der Waals surface area contributed by atoms with Gasteiger partial charge in [0.1, 0.15) is 0 Å². The van der Waals surface area contributed by atoms with Crippen molar-refractivity contribution in [1.82, 2.24) is 10.1 Å². The first-order valence-electron chi connectivity index (χ1n) is 7.51. The summed E-state index contributed by atoms with van der Waals surface area (Å²) in [5.74, 6) is 1.54. The van der Waals surface area contributed by atoms with Gasteiger partial charge >= 0.3 is 0 Å². The fourth-order valence-corrected chi connectivity index (χ4v) is 2.84. The second kappa shape index (κ2) is 6.60. The summed E-state index contributed by atoms with van der Waals surface area (Å²) in [6.45, 7) is 6.27. The van der Waals surface area contributed by atoms with E-state index in [2.05, 4.69) is 24.0 Å². The smallest absolute Gasteiger partial charge is 0.258 e. The standard InChI is InChI=1S/C16H22N2O3S/c1-5-11(3)9-15-17-16(21-18-15)14-10-13(22(4,19)20)8-7-12(14)6-2/h7-8,10-11H,5-6,9H2,1-4H3. The van der Waals surface area contributed by atoms with Crippen molar-refractivity contribution < 1.29 is 12.9 Å². The summed E-state index contributed by atoms with van der Waals surface area (Å²) in [6.07, 6.45) is 3.77. The number of rotatable bonds is 6. The van der Waals surface area contributed by atoms with Crippen LogP contribution in [0.4, 0.5) is 0 Å². The first kappa shape index (κ1) is 16.7. The molecule has 0 bridgehead atoms. The second-order valence-electron chi connectivity index (χ2n) is 5.68. The van der Waals surface area contributed by atoms with Gasteiger partial charge in [-0.25, -0.2) is 8.42 Å². The molecule has 0 fully saturated rings. The summed E-state index contributed by atoms with van der Waals surface area (Å²) in [7, 11) is -3.26. The maximum absolute atomic E-state index is 11.7. The third-order valence-corrected chi connectivity index (χ3v) is 4.93. The van der Waals surface area contributed by atoms with Crippen molar-refractivity contribution in [1.29, 1.82) is 0 Å². The van der Waals surface area contributed by atoms with E-state index < -0.39 is 9.84 Å². The van der Waals surface area contributed by atoms with Crippen molar-refractivity contribution >= 4 is 9.84 Å². The van der Waals surface area contributed by atoms with Crippen LogP contribution < -0.4 is 0 Å². The summed E-state index contributed by atoms with van der Waals surface area (Å²) >= 11 is 0. The van der Waals surface area contributed by atoms with Crippen LogP contribution in [0, 0.1) is 5.92 Å². The van der Waals surface area contributed by atoms with E-state index >= 15 is 0 Å². The molecule has 120 valence electrons. The molecule has 0 radical (unpaired) electrons. The molecule has 1 aromatic carbocycles. The van der Waals surface area contributed by atoms with Crippen LogP contribution in [0.15, 0.2) is 27.6 Å². The minimum atomic E-state index is -3.26. The molecule has 0 spiro atoms. The Balaban J connectivity index is 2.42. The Morgan fingerprint density at radius 2 is 2.00 bits per heavy atom. The molecule has 1 atom stereocenters. The molecule has 0 amide bonds. The molecular formula is C16H22N2O3S. The molecule has 1 unspecified atom stereocenters. The van der Waals surface area contributed by atoms with Gasteiger partial charge in [0.25, 0.3) is 5.89 Å². The Bertz CT molecular complexity index is 751. The number of aromatic nitrogens is 2. The fourth-order valence-electron chi connectivity index (χ4n) is 2.20. The predicted octanol–water partition coefficient (Wildman–Crippen LogP) is 3.29. The third-order valence-electron chi connectivity index (χ3n) is 3.82. The lowest BCUT2D eigenvalue weighted by atomic mass is 10.0. The van der Waals surface area contributed by atoms with Gasteiger partial charge in [0, 0.05) is 18.2 Å². The summed E-state index contributed by atoms with van der Waals surface area (Å²) in [4.78, 5) is 4.69. The molecular weight excluding hydrogens is 300 g/mol. The van der Waals surface area contributed by atoms with Gasteiger partial charge in [-0.05, 0) is 30.0 Å². The van der Waals surface area contributed by atoms with Crippen molar-refractivity contribution in [3.8, 4) is 11.5 Å². The molecule has 5 nitrogen and oxygen atoms in total. The van der Waals surface area contributed by atoms with Crippen LogP contribution in [0.2, 0.25) is 0 Å². The van der Waals surface area contributed by atoms with E-state index in [1.165, 1.54) is 6.26 Å². The number of hydrogen-bond acceptors (Lipinski definition) is 5. The Morgan fingerprint density at radius 3 is 2.59 bits per heavy atom. The van der Waals surface area contributed by atoms with Crippen molar-refractivity contribution in [2.24, 2.45) is 5.92 Å². The van der Waals surface area contributed by atoms with Gasteiger partial charge < -0.3 is 4.52 Å². The summed E-state index contributed by atoms with van der Waals surface area (Å²) in [5.41, 5.74) is 1.69. The van der Waals surface area contributed by atoms with Gasteiger partial charge in [0.05, 0.1) is 4.90 Å². The Hall–Kier alpha value is -1.69. The van der Waals surface area contributed by atoms with Gasteiger partial charge in [-0.15, -0.1) is 0 Å². The Kier molecular flexibility index (Phi) is 5.01. The highest BCUT2D eigenvalue weighted by Crippen LogP contribution is 2.26. The second-order valence-corrected chi connectivity index (χ2v) is 7.69. The van der Waals surface area contributed by atoms with Crippen molar-refractivity contribution in [2.45, 2.75) is 44.9 Å². The minimum Gasteiger partial charge on any atom is -0.334 e. The van der Waals surface area contributed by atoms with Crippen LogP contribution in [-0.4, -0.2) is 24.8 Å². The Morgan fingerprint density at radius 1 is 1.27 bits per heavy atom. The van der Waals surface area contributed by atoms with Crippen molar-refractivity contribution in [3.05, 3.63) is 29.6 Å². The van der Waals surface area contributed by atoms with Crippen LogP contribution in [0.1, 0.15) is 38.6 Å². The average molecular weight is 322 g/mol. The highest BCUT2D eigenvalue weighted by Gasteiger charge is 2.17. The molecule has 0 aliphatic carbocycles. The molecule has 2 rings (SSSR count). The Labute approximate surface area is 131 Å². The third kappa shape index (κ3) is 3.74. The van der Waals surface area contributed by atoms with Crippen molar-refractivity contribution in [2.75, 3.05) is 6.26 Å². The topological polar surface area (TPSA) is 73.1 Å². The molecule has 0 aliphatic heterocycles. The van der Waals surface area contributed by atoms with E-state index in [1.807, 2.05) is 13.0 Å². The number of benzene rings is 1. The summed E-state index contributed by atoms with van der Waals surface area (Å²) < 4.78 is 28.8. The zero-order chi connectivity index (χ0) is 16.3. The van der Waals surface area contributed by atoms with Crippen LogP contribution >= 0.6 is 0 Å². The maximum Gasteiger partial charge on any atom is 0.258 e. The largest absolute Gasteiger partial charge is 0.334 e. The van der Waals surface area contributed by atoms with E-state index in [9.17, 15) is 8.42 Å². The number of nitrogens with zero attached hydrogens (tertiary/aromatic N) is 2. The quantitative estimate of drug-likeness (QED) is 0.816. The van der Waals surface area contributed by atoms with Crippen LogP contribution in [0.3, 0.4) is 0 Å². The number of sulfone groups is 1. The van der Waals surface area contributed by atoms with Crippen LogP contribution in [0.5, 0.6) is 0 Å². The lowest BCUT2D eigenvalue weighted by molar-refractivity contribution is 0.414. The normalized spacial score (nSPS) is 13.3. The zero-order valence-corrected chi connectivity index (χ0v) is 14.3. The van der Waals surface area contributed by atoms with Gasteiger partial charge in [-0.3, -0.25) is 0 Å². The minimum absolute atomic E-state index is 0.265. The molecule has 1 aromatic heterocycles. The lowest BCUT2D eigenvalue weighted by Gasteiger charge is -2.06. The summed E-state index contributed by atoms with van der Waals surface area (Å²) in [5, 5.41) is 4.01. The first-order valence-corrected chi connectivity index (χ1v) is 9.40. The molecule has 0 aliphatic rings. The van der Waals surface area contributed by atoms with Crippen molar-refractivity contribution in [3.63, 3.8) is 0 Å². The van der Waals surface area contributed by atoms with Crippen LogP contribution in [-0.2, 0) is 22.7 Å². The highest BCUT2D eigenvalue weighted by atomic mass is 32.2. The fraction of sp³-hybridized carbons (Fsp3) is 0.500. The number of aryl methyl sites for hydroxylation is 1. The summed E-state index contributed by atoms with van der Waals surface area (Å²) in [6, 6.07) is 5.05. The van der Waals surface area contributed by atoms with E-state index in [-0.39, 0.29) is 4.90 Å². The van der Waals surface area contributed by atoms with E-state index in [1.54, 1.807) is 12.1 Å². The lowest BCUT2D eigenvalue weighted by Crippen LogP contribution is -2.00. The molecule has 22 heavy (non-hydrogen) atoms. The SMILES string of the molecule is CCc1ccc(S(C)(=O)=O)cc1-c1nc(CC(C)CC)no1. The highest BCUT2D eigenvalue weighted by molar-refractivity contribution is 7.90. The first-order chi connectivity index (χ1) is 10.3. The predicted molar refractivity (Wildman–Crippen MR) is 85.4 cm³/mol. The van der Waals surface area contributed by atoms with Gasteiger partial charge in [0.15, 0.2) is 15.7 Å². The van der Waals surface area contributed by atoms with Gasteiger partial charge in [0.2, 0.25) is 0 Å². The zero-order valence-electron chi connectivity index (χ0n) is 13.5. The maximum atomic E-state index is 11.7. The molecule has 0 N–H and O–H groups in total. The number of hydrogen-bond donors (Lipinski definition) is 0. The van der Waals surface area contributed by atoms with E-state index in [0.717, 1.165) is 24.8 Å². The van der Waals surface area contributed by atoms with Crippen LogP contribution in [0.25, 0.3) is 11.5 Å². The molecule has 0 saturated carbocycles. The van der Waals surface area contributed by atoms with E-state index in [4.69, 9.17) is 4.52 Å². The molecule has 0 saturated heterocycles.